The van der Waals surface area contributed by atoms with Gasteiger partial charge in [-0.25, -0.2) is 4.79 Å². The Balaban J connectivity index is 3.55. The largest absolute Gasteiger partial charge is 0.464 e. The summed E-state index contributed by atoms with van der Waals surface area (Å²) in [5, 5.41) is 0. The summed E-state index contributed by atoms with van der Waals surface area (Å²) in [7, 11) is 1.64. The first-order chi connectivity index (χ1) is 6.87. The molecule has 0 aliphatic heterocycles. The van der Waals surface area contributed by atoms with Crippen LogP contribution in [0.3, 0.4) is 0 Å². The number of ether oxygens (including phenoxy) is 3. The maximum absolute atomic E-state index is 11.1. The Labute approximate surface area is 91.9 Å². The molecule has 90 valence electrons. The minimum Gasteiger partial charge on any atom is -0.464 e. The predicted octanol–water partition coefficient (Wildman–Crippen LogP) is 1.77. The molecule has 0 spiro atoms. The van der Waals surface area contributed by atoms with Crippen LogP contribution in [-0.4, -0.2) is 38.0 Å². The minimum atomic E-state index is -0.324. The van der Waals surface area contributed by atoms with E-state index in [1.165, 1.54) is 0 Å². The maximum atomic E-state index is 11.1. The molecule has 0 N–H and O–H groups in total. The van der Waals surface area contributed by atoms with Gasteiger partial charge in [0.1, 0.15) is 6.61 Å². The third kappa shape index (κ3) is 8.39. The van der Waals surface area contributed by atoms with Crippen LogP contribution in [0.5, 0.6) is 0 Å². The second kappa shape index (κ2) is 6.80. The topological polar surface area (TPSA) is 44.8 Å². The van der Waals surface area contributed by atoms with Gasteiger partial charge in [0.2, 0.25) is 0 Å². The summed E-state index contributed by atoms with van der Waals surface area (Å²) < 4.78 is 15.3. The van der Waals surface area contributed by atoms with Gasteiger partial charge in [0.05, 0.1) is 18.3 Å². The Morgan fingerprint density at radius 2 is 1.93 bits per heavy atom. The van der Waals surface area contributed by atoms with Crippen molar-refractivity contribution in [1.82, 2.24) is 0 Å². The van der Waals surface area contributed by atoms with Gasteiger partial charge in [0.15, 0.2) is 0 Å². The highest BCUT2D eigenvalue weighted by molar-refractivity contribution is 5.70. The molecule has 0 saturated carbocycles. The molecule has 0 aromatic carbocycles. The molecule has 0 aromatic heterocycles. The van der Waals surface area contributed by atoms with Crippen molar-refractivity contribution in [3.05, 3.63) is 0 Å². The molecule has 0 amide bonds. The van der Waals surface area contributed by atoms with Crippen LogP contribution in [0, 0.1) is 0 Å². The van der Waals surface area contributed by atoms with Crippen LogP contribution in [0.4, 0.5) is 0 Å². The van der Waals surface area contributed by atoms with Gasteiger partial charge in [-0.1, -0.05) is 0 Å². The lowest BCUT2D eigenvalue weighted by Gasteiger charge is -2.22. The first-order valence-corrected chi connectivity index (χ1v) is 5.20. The average molecular weight is 218 g/mol. The molecule has 0 atom stereocenters. The SMILES string of the molecule is COC(C)(C)CCOC(=O)COC(C)C. The molecule has 0 radical (unpaired) electrons. The molecule has 4 heteroatoms. The highest BCUT2D eigenvalue weighted by Gasteiger charge is 2.16. The van der Waals surface area contributed by atoms with E-state index in [0.29, 0.717) is 13.0 Å². The van der Waals surface area contributed by atoms with E-state index in [2.05, 4.69) is 0 Å². The van der Waals surface area contributed by atoms with Gasteiger partial charge in [-0.3, -0.25) is 0 Å². The van der Waals surface area contributed by atoms with E-state index in [9.17, 15) is 4.79 Å². The van der Waals surface area contributed by atoms with E-state index in [-0.39, 0.29) is 24.3 Å². The number of esters is 1. The molecule has 0 heterocycles. The lowest BCUT2D eigenvalue weighted by Crippen LogP contribution is -2.26. The number of hydrogen-bond donors (Lipinski definition) is 0. The van der Waals surface area contributed by atoms with Crippen molar-refractivity contribution < 1.29 is 19.0 Å². The molecule has 0 bridgehead atoms. The van der Waals surface area contributed by atoms with E-state index in [0.717, 1.165) is 0 Å². The Kier molecular flexibility index (Phi) is 6.52. The number of hydrogen-bond acceptors (Lipinski definition) is 4. The van der Waals surface area contributed by atoms with Gasteiger partial charge in [-0.15, -0.1) is 0 Å². The zero-order valence-electron chi connectivity index (χ0n) is 10.3. The summed E-state index contributed by atoms with van der Waals surface area (Å²) in [6.07, 6.45) is 0.727. The Hall–Kier alpha value is -0.610. The first kappa shape index (κ1) is 14.4. The summed E-state index contributed by atoms with van der Waals surface area (Å²) in [5.74, 6) is -0.324. The summed E-state index contributed by atoms with van der Waals surface area (Å²) in [6, 6.07) is 0. The third-order valence-electron chi connectivity index (χ3n) is 2.05. The van der Waals surface area contributed by atoms with E-state index in [1.807, 2.05) is 27.7 Å². The predicted molar refractivity (Wildman–Crippen MR) is 57.8 cm³/mol. The normalized spacial score (nSPS) is 11.9. The molecule has 0 aromatic rings. The van der Waals surface area contributed by atoms with E-state index < -0.39 is 0 Å². The van der Waals surface area contributed by atoms with Gasteiger partial charge in [-0.2, -0.15) is 0 Å². The van der Waals surface area contributed by atoms with Crippen molar-refractivity contribution in [2.24, 2.45) is 0 Å². The van der Waals surface area contributed by atoms with Crippen LogP contribution in [0.25, 0.3) is 0 Å². The van der Waals surface area contributed by atoms with Crippen LogP contribution in [-0.2, 0) is 19.0 Å². The van der Waals surface area contributed by atoms with Gasteiger partial charge in [-0.05, 0) is 27.7 Å². The van der Waals surface area contributed by atoms with Crippen molar-refractivity contribution >= 4 is 5.97 Å². The molecule has 4 nitrogen and oxygen atoms in total. The smallest absolute Gasteiger partial charge is 0.332 e. The van der Waals surface area contributed by atoms with Gasteiger partial charge < -0.3 is 14.2 Å². The molecule has 15 heavy (non-hydrogen) atoms. The lowest BCUT2D eigenvalue weighted by molar-refractivity contribution is -0.151. The van der Waals surface area contributed by atoms with Crippen LogP contribution in [0.2, 0.25) is 0 Å². The van der Waals surface area contributed by atoms with Gasteiger partial charge in [0, 0.05) is 13.5 Å². The molecule has 0 saturated heterocycles. The number of methoxy groups -OCH3 is 1. The van der Waals surface area contributed by atoms with Crippen molar-refractivity contribution in [3.63, 3.8) is 0 Å². The Bertz CT molecular complexity index is 187. The maximum Gasteiger partial charge on any atom is 0.332 e. The minimum absolute atomic E-state index is 0.0189. The van der Waals surface area contributed by atoms with E-state index >= 15 is 0 Å². The molecule has 0 fully saturated rings. The van der Waals surface area contributed by atoms with Gasteiger partial charge in [0.25, 0.3) is 0 Å². The third-order valence-corrected chi connectivity index (χ3v) is 2.05. The zero-order valence-corrected chi connectivity index (χ0v) is 10.3. The Morgan fingerprint density at radius 1 is 1.33 bits per heavy atom. The molecular formula is C11H22O4. The van der Waals surface area contributed by atoms with Crippen molar-refractivity contribution in [3.8, 4) is 0 Å². The summed E-state index contributed by atoms with van der Waals surface area (Å²) in [4.78, 5) is 11.1. The van der Waals surface area contributed by atoms with E-state index in [1.54, 1.807) is 7.11 Å². The van der Waals surface area contributed by atoms with Crippen LogP contribution >= 0.6 is 0 Å². The van der Waals surface area contributed by atoms with Crippen molar-refractivity contribution in [1.29, 1.82) is 0 Å². The molecule has 0 aliphatic rings. The number of rotatable bonds is 7. The fourth-order valence-electron chi connectivity index (χ4n) is 0.789. The standard InChI is InChI=1S/C11H22O4/c1-9(2)15-8-10(12)14-7-6-11(3,4)13-5/h9H,6-8H2,1-5H3. The molecular weight excluding hydrogens is 196 g/mol. The van der Waals surface area contributed by atoms with E-state index in [4.69, 9.17) is 14.2 Å². The summed E-state index contributed by atoms with van der Waals surface area (Å²) >= 11 is 0. The lowest BCUT2D eigenvalue weighted by atomic mass is 10.1. The van der Waals surface area contributed by atoms with Crippen LogP contribution in [0.15, 0.2) is 0 Å². The summed E-state index contributed by atoms with van der Waals surface area (Å²) in [6.45, 7) is 8.03. The van der Waals surface area contributed by atoms with Crippen molar-refractivity contribution in [2.75, 3.05) is 20.3 Å². The highest BCUT2D eigenvalue weighted by atomic mass is 16.6. The summed E-state index contributed by atoms with van der Waals surface area (Å²) in [5.41, 5.74) is -0.251. The average Bonchev–Trinajstić information content (AvgIpc) is 2.14. The van der Waals surface area contributed by atoms with Crippen molar-refractivity contribution in [2.45, 2.75) is 45.8 Å². The molecule has 0 aliphatic carbocycles. The fourth-order valence-corrected chi connectivity index (χ4v) is 0.789. The quantitative estimate of drug-likeness (QED) is 0.611. The van der Waals surface area contributed by atoms with Crippen LogP contribution in [0.1, 0.15) is 34.1 Å². The highest BCUT2D eigenvalue weighted by Crippen LogP contribution is 2.12. The molecule has 0 rings (SSSR count). The monoisotopic (exact) mass is 218 g/mol. The number of carbonyl (C=O) groups is 1. The first-order valence-electron chi connectivity index (χ1n) is 5.20. The Morgan fingerprint density at radius 3 is 2.40 bits per heavy atom. The number of carbonyl (C=O) groups excluding carboxylic acids is 1. The van der Waals surface area contributed by atoms with Gasteiger partial charge >= 0.3 is 5.97 Å². The fraction of sp³-hybridized carbons (Fsp3) is 0.909. The second-order valence-electron chi connectivity index (χ2n) is 4.29. The zero-order chi connectivity index (χ0) is 11.9. The molecule has 0 unspecified atom stereocenters. The van der Waals surface area contributed by atoms with Crippen LogP contribution < -0.4 is 0 Å². The second-order valence-corrected chi connectivity index (χ2v) is 4.29.